The van der Waals surface area contributed by atoms with Crippen molar-refractivity contribution in [1.82, 2.24) is 24.7 Å². The van der Waals surface area contributed by atoms with E-state index in [2.05, 4.69) is 25.4 Å². The first kappa shape index (κ1) is 26.8. The average Bonchev–Trinajstić information content (AvgIpc) is 2.94. The second-order valence-electron chi connectivity index (χ2n) is 14.6. The van der Waals surface area contributed by atoms with Gasteiger partial charge in [0, 0.05) is 50.4 Å². The van der Waals surface area contributed by atoms with Gasteiger partial charge in [-0.25, -0.2) is 4.98 Å². The van der Waals surface area contributed by atoms with E-state index >= 15 is 0 Å². The zero-order valence-corrected chi connectivity index (χ0v) is 24.8. The molecule has 2 N–H and O–H groups in total. The van der Waals surface area contributed by atoms with Gasteiger partial charge in [-0.05, 0) is 107 Å². The summed E-state index contributed by atoms with van der Waals surface area (Å²) in [4.78, 5) is 48.1. The van der Waals surface area contributed by atoms with Gasteiger partial charge in [0.2, 0.25) is 11.8 Å². The highest BCUT2D eigenvalue weighted by molar-refractivity contribution is 5.99. The number of fused-ring (bicyclic) bond motifs is 3. The number of nitrogens with zero attached hydrogens (tertiary/aromatic N) is 4. The van der Waals surface area contributed by atoms with Crippen LogP contribution in [0.3, 0.4) is 0 Å². The molecule has 4 aliphatic heterocycles. The first-order valence-corrected chi connectivity index (χ1v) is 16.4. The van der Waals surface area contributed by atoms with E-state index in [-0.39, 0.29) is 17.9 Å². The third kappa shape index (κ3) is 4.58. The molecule has 8 aliphatic rings. The lowest BCUT2D eigenvalue weighted by Gasteiger charge is -2.59. The summed E-state index contributed by atoms with van der Waals surface area (Å²) in [6, 6.07) is 6.27. The fourth-order valence-electron chi connectivity index (χ4n) is 10.4. The molecule has 2 aromatic rings. The highest BCUT2D eigenvalue weighted by Gasteiger charge is 2.51. The molecule has 9 nitrogen and oxygen atoms in total. The number of aryl methyl sites for hydroxylation is 1. The lowest BCUT2D eigenvalue weighted by atomic mass is 9.49. The Hall–Kier alpha value is -2.78. The Balaban J connectivity index is 0.892. The van der Waals surface area contributed by atoms with Crippen LogP contribution in [-0.4, -0.2) is 76.0 Å². The number of amides is 2. The fourth-order valence-corrected chi connectivity index (χ4v) is 10.4. The molecule has 3 atom stereocenters. The molecule has 3 unspecified atom stereocenters. The van der Waals surface area contributed by atoms with Crippen LogP contribution >= 0.6 is 0 Å². The summed E-state index contributed by atoms with van der Waals surface area (Å²) in [6.45, 7) is 7.13. The maximum Gasteiger partial charge on any atom is 0.264 e. The number of carbonyl (C=O) groups is 2. The second-order valence-corrected chi connectivity index (χ2v) is 14.6. The van der Waals surface area contributed by atoms with Crippen LogP contribution in [0.5, 0.6) is 0 Å². The topological polar surface area (TPSA) is 99.6 Å². The van der Waals surface area contributed by atoms with E-state index in [0.29, 0.717) is 40.6 Å². The standard InChI is InChI=1S/C33H44N6O3/c1-20-35-27-4-2-3-26(30(27)32(42)39(20)28-5-6-29(40)36-31(28)41)34-8-10-38-24-14-25(38)19-37(18-24)9-7-33-15-21-11-22(16-33)13-23(12-21)17-33/h2-4,21-25,28,34H,5-19H2,1H3,(H,36,40,41). The number of piperidine rings is 2. The van der Waals surface area contributed by atoms with Crippen molar-refractivity contribution in [2.75, 3.05) is 38.0 Å². The monoisotopic (exact) mass is 572 g/mol. The molecule has 42 heavy (non-hydrogen) atoms. The third-order valence-electron chi connectivity index (χ3n) is 11.9. The third-order valence-corrected chi connectivity index (χ3v) is 11.9. The molecule has 4 saturated heterocycles. The van der Waals surface area contributed by atoms with Crippen LogP contribution in [0.15, 0.2) is 23.0 Å². The predicted octanol–water partition coefficient (Wildman–Crippen LogP) is 3.46. The average molecular weight is 573 g/mol. The van der Waals surface area contributed by atoms with Gasteiger partial charge in [-0.2, -0.15) is 0 Å². The molecule has 5 heterocycles. The maximum atomic E-state index is 13.7. The van der Waals surface area contributed by atoms with Crippen LogP contribution in [0.1, 0.15) is 76.1 Å². The summed E-state index contributed by atoms with van der Waals surface area (Å²) in [5.41, 5.74) is 1.82. The van der Waals surface area contributed by atoms with Gasteiger partial charge in [0.05, 0.1) is 10.9 Å². The summed E-state index contributed by atoms with van der Waals surface area (Å²) in [6.07, 6.45) is 12.4. The summed E-state index contributed by atoms with van der Waals surface area (Å²) >= 11 is 0. The molecule has 4 aliphatic carbocycles. The Bertz CT molecular complexity index is 1440. The molecule has 6 bridgehead atoms. The number of hydrogen-bond acceptors (Lipinski definition) is 7. The number of piperazine rings is 1. The Labute approximate surface area is 247 Å². The van der Waals surface area contributed by atoms with Crippen molar-refractivity contribution in [3.05, 3.63) is 34.4 Å². The molecule has 9 heteroatoms. The van der Waals surface area contributed by atoms with Gasteiger partial charge in [-0.15, -0.1) is 0 Å². The maximum absolute atomic E-state index is 13.7. The number of aromatic nitrogens is 2. The fraction of sp³-hybridized carbons (Fsp3) is 0.697. The number of benzene rings is 1. The van der Waals surface area contributed by atoms with Crippen molar-refractivity contribution in [2.24, 2.45) is 23.2 Å². The van der Waals surface area contributed by atoms with Crippen molar-refractivity contribution in [3.8, 4) is 0 Å². The number of nitrogens with one attached hydrogen (secondary N) is 2. The highest BCUT2D eigenvalue weighted by Crippen LogP contribution is 2.61. The first-order valence-electron chi connectivity index (χ1n) is 16.4. The summed E-state index contributed by atoms with van der Waals surface area (Å²) < 4.78 is 1.47. The number of anilines is 1. The van der Waals surface area contributed by atoms with Gasteiger partial charge >= 0.3 is 0 Å². The Morgan fingerprint density at radius 1 is 0.976 bits per heavy atom. The quantitative estimate of drug-likeness (QED) is 0.468. The van der Waals surface area contributed by atoms with Gasteiger partial charge in [0.25, 0.3) is 5.56 Å². The van der Waals surface area contributed by atoms with Crippen molar-refractivity contribution in [3.63, 3.8) is 0 Å². The molecular formula is C33H44N6O3. The van der Waals surface area contributed by atoms with E-state index < -0.39 is 11.9 Å². The molecule has 4 saturated carbocycles. The van der Waals surface area contributed by atoms with Crippen LogP contribution in [0.2, 0.25) is 0 Å². The van der Waals surface area contributed by atoms with Gasteiger partial charge in [0.1, 0.15) is 11.9 Å². The molecular weight excluding hydrogens is 528 g/mol. The van der Waals surface area contributed by atoms with Crippen molar-refractivity contribution in [2.45, 2.75) is 89.3 Å². The minimum absolute atomic E-state index is 0.220. The van der Waals surface area contributed by atoms with Crippen LogP contribution in [0.4, 0.5) is 5.69 Å². The largest absolute Gasteiger partial charge is 0.383 e. The van der Waals surface area contributed by atoms with E-state index in [9.17, 15) is 14.4 Å². The van der Waals surface area contributed by atoms with Crippen molar-refractivity contribution in [1.29, 1.82) is 0 Å². The lowest BCUT2D eigenvalue weighted by molar-refractivity contribution is -0.135. The van der Waals surface area contributed by atoms with Crippen LogP contribution in [0, 0.1) is 30.1 Å². The van der Waals surface area contributed by atoms with E-state index in [4.69, 9.17) is 0 Å². The van der Waals surface area contributed by atoms with Gasteiger partial charge in [-0.3, -0.25) is 29.2 Å². The number of imide groups is 1. The molecule has 10 rings (SSSR count). The van der Waals surface area contributed by atoms with Crippen molar-refractivity contribution < 1.29 is 9.59 Å². The predicted molar refractivity (Wildman–Crippen MR) is 161 cm³/mol. The van der Waals surface area contributed by atoms with Gasteiger partial charge < -0.3 is 10.2 Å². The number of rotatable bonds is 8. The molecule has 8 fully saturated rings. The zero-order chi connectivity index (χ0) is 28.6. The first-order chi connectivity index (χ1) is 20.3. The normalized spacial score (nSPS) is 35.8. The second kappa shape index (κ2) is 10.2. The minimum Gasteiger partial charge on any atom is -0.383 e. The van der Waals surface area contributed by atoms with E-state index in [1.807, 2.05) is 18.2 Å². The van der Waals surface area contributed by atoms with Crippen LogP contribution in [-0.2, 0) is 9.59 Å². The van der Waals surface area contributed by atoms with Crippen LogP contribution in [0.25, 0.3) is 10.9 Å². The van der Waals surface area contributed by atoms with Crippen LogP contribution < -0.4 is 16.2 Å². The van der Waals surface area contributed by atoms with E-state index in [1.165, 1.54) is 75.6 Å². The molecule has 224 valence electrons. The Kier molecular flexibility index (Phi) is 6.48. The molecule has 0 spiro atoms. The lowest BCUT2D eigenvalue weighted by Crippen LogP contribution is -2.69. The minimum atomic E-state index is -0.716. The Morgan fingerprint density at radius 2 is 1.69 bits per heavy atom. The summed E-state index contributed by atoms with van der Waals surface area (Å²) in [7, 11) is 0. The van der Waals surface area contributed by atoms with E-state index in [0.717, 1.165) is 36.5 Å². The highest BCUT2D eigenvalue weighted by atomic mass is 16.2. The van der Waals surface area contributed by atoms with Crippen molar-refractivity contribution >= 4 is 28.4 Å². The smallest absolute Gasteiger partial charge is 0.264 e. The number of carbonyl (C=O) groups excluding carboxylic acids is 2. The van der Waals surface area contributed by atoms with Gasteiger partial charge in [-0.1, -0.05) is 6.07 Å². The molecule has 0 radical (unpaired) electrons. The summed E-state index contributed by atoms with van der Waals surface area (Å²) in [5.74, 6) is 2.88. The zero-order valence-electron chi connectivity index (χ0n) is 24.8. The number of hydrogen-bond donors (Lipinski definition) is 2. The summed E-state index contributed by atoms with van der Waals surface area (Å²) in [5, 5.41) is 6.41. The molecule has 1 aromatic carbocycles. The van der Waals surface area contributed by atoms with E-state index in [1.54, 1.807) is 6.92 Å². The Morgan fingerprint density at radius 3 is 2.38 bits per heavy atom. The molecule has 1 aromatic heterocycles. The SMILES string of the molecule is Cc1nc2cccc(NCCN3C4CC3CN(CCC35CC6CC(CC(C6)C3)C5)C4)c2c(=O)n1C1CCC(=O)NC1=O. The van der Waals surface area contributed by atoms with Gasteiger partial charge in [0.15, 0.2) is 0 Å². The molecule has 2 amide bonds.